The molecule has 6 heteroatoms. The lowest BCUT2D eigenvalue weighted by Crippen LogP contribution is -2.51. The Morgan fingerprint density at radius 3 is 3.00 bits per heavy atom. The lowest BCUT2D eigenvalue weighted by Gasteiger charge is -2.37. The molecule has 6 nitrogen and oxygen atoms in total. The number of carbonyl (C=O) groups excluding carboxylic acids is 2. The third-order valence-electron chi connectivity index (χ3n) is 3.87. The van der Waals surface area contributed by atoms with Crippen molar-refractivity contribution in [2.45, 2.75) is 38.1 Å². The van der Waals surface area contributed by atoms with E-state index in [9.17, 15) is 9.59 Å². The van der Waals surface area contributed by atoms with E-state index in [1.165, 1.54) is 0 Å². The summed E-state index contributed by atoms with van der Waals surface area (Å²) < 4.78 is 0. The molecule has 2 fully saturated rings. The lowest BCUT2D eigenvalue weighted by molar-refractivity contribution is -0.130. The van der Waals surface area contributed by atoms with Crippen molar-refractivity contribution in [1.82, 2.24) is 15.2 Å². The van der Waals surface area contributed by atoms with E-state index >= 15 is 0 Å². The van der Waals surface area contributed by atoms with Crippen molar-refractivity contribution < 1.29 is 9.59 Å². The van der Waals surface area contributed by atoms with E-state index < -0.39 is 0 Å². The van der Waals surface area contributed by atoms with Gasteiger partial charge >= 0.3 is 0 Å². The fourth-order valence-electron chi connectivity index (χ4n) is 2.83. The van der Waals surface area contributed by atoms with Gasteiger partial charge in [0.15, 0.2) is 0 Å². The minimum Gasteiger partial charge on any atom is -0.337 e. The van der Waals surface area contributed by atoms with Crippen molar-refractivity contribution >= 4 is 11.8 Å². The van der Waals surface area contributed by atoms with Crippen LogP contribution >= 0.6 is 0 Å². The molecule has 2 amide bonds. The molecular weight excluding hydrogens is 232 g/mol. The first kappa shape index (κ1) is 13.3. The predicted molar refractivity (Wildman–Crippen MR) is 67.4 cm³/mol. The first-order valence-electron chi connectivity index (χ1n) is 6.72. The molecule has 0 bridgehead atoms. The summed E-state index contributed by atoms with van der Waals surface area (Å²) in [5.41, 5.74) is 2.14. The van der Waals surface area contributed by atoms with E-state index in [1.54, 1.807) is 0 Å². The standard InChI is InChI=1S/C12H22N4O2/c13-14-11(17)3-1-2-6-15-7-8-16-10(9-15)4-5-12(16)18/h10H,1-9,13H2,(H,14,17). The van der Waals surface area contributed by atoms with Crippen molar-refractivity contribution in [2.24, 2.45) is 5.84 Å². The first-order valence-corrected chi connectivity index (χ1v) is 6.72. The summed E-state index contributed by atoms with van der Waals surface area (Å²) in [6.07, 6.45) is 4.10. The molecule has 3 N–H and O–H groups in total. The fraction of sp³-hybridized carbons (Fsp3) is 0.833. The maximum Gasteiger partial charge on any atom is 0.233 e. The van der Waals surface area contributed by atoms with Crippen molar-refractivity contribution in [3.8, 4) is 0 Å². The van der Waals surface area contributed by atoms with Gasteiger partial charge in [0.1, 0.15) is 0 Å². The molecule has 18 heavy (non-hydrogen) atoms. The number of unbranched alkanes of at least 4 members (excludes halogenated alkanes) is 1. The van der Waals surface area contributed by atoms with Crippen molar-refractivity contribution in [3.05, 3.63) is 0 Å². The van der Waals surface area contributed by atoms with Gasteiger partial charge in [-0.25, -0.2) is 5.84 Å². The first-order chi connectivity index (χ1) is 8.70. The van der Waals surface area contributed by atoms with Gasteiger partial charge in [-0.2, -0.15) is 0 Å². The Hall–Kier alpha value is -1.14. The summed E-state index contributed by atoms with van der Waals surface area (Å²) in [5, 5.41) is 0. The second-order valence-corrected chi connectivity index (χ2v) is 5.10. The number of fused-ring (bicyclic) bond motifs is 1. The number of rotatable bonds is 5. The van der Waals surface area contributed by atoms with Gasteiger partial charge in [0, 0.05) is 38.5 Å². The molecule has 102 valence electrons. The quantitative estimate of drug-likeness (QED) is 0.299. The molecule has 1 atom stereocenters. The lowest BCUT2D eigenvalue weighted by atomic mass is 10.1. The molecule has 0 saturated carbocycles. The molecule has 2 heterocycles. The van der Waals surface area contributed by atoms with Crippen LogP contribution < -0.4 is 11.3 Å². The van der Waals surface area contributed by atoms with Gasteiger partial charge in [0.05, 0.1) is 0 Å². The number of nitrogens with two attached hydrogens (primary N) is 1. The Labute approximate surface area is 107 Å². The average Bonchev–Trinajstić information content (AvgIpc) is 2.76. The predicted octanol–water partition coefficient (Wildman–Crippen LogP) is -0.547. The second kappa shape index (κ2) is 6.15. The van der Waals surface area contributed by atoms with E-state index in [2.05, 4.69) is 10.3 Å². The van der Waals surface area contributed by atoms with E-state index in [4.69, 9.17) is 5.84 Å². The minimum atomic E-state index is -0.0961. The number of carbonyl (C=O) groups is 2. The SMILES string of the molecule is NNC(=O)CCCCN1CCN2C(=O)CCC2C1. The highest BCUT2D eigenvalue weighted by atomic mass is 16.2. The molecule has 1 unspecified atom stereocenters. The third kappa shape index (κ3) is 3.20. The average molecular weight is 254 g/mol. The molecule has 0 aromatic heterocycles. The van der Waals surface area contributed by atoms with Gasteiger partial charge in [-0.1, -0.05) is 0 Å². The van der Waals surface area contributed by atoms with E-state index in [1.807, 2.05) is 4.90 Å². The Balaban J connectivity index is 1.63. The zero-order chi connectivity index (χ0) is 13.0. The van der Waals surface area contributed by atoms with Gasteiger partial charge in [-0.3, -0.25) is 19.9 Å². The Morgan fingerprint density at radius 1 is 1.39 bits per heavy atom. The molecule has 0 aliphatic carbocycles. The van der Waals surface area contributed by atoms with Crippen LogP contribution in [0.3, 0.4) is 0 Å². The number of amides is 2. The normalized spacial score (nSPS) is 24.2. The van der Waals surface area contributed by atoms with Crippen LogP contribution in [-0.4, -0.2) is 53.8 Å². The van der Waals surface area contributed by atoms with Gasteiger partial charge in [-0.15, -0.1) is 0 Å². The molecule has 2 saturated heterocycles. The summed E-state index contributed by atoms with van der Waals surface area (Å²) in [6, 6.07) is 0.429. The summed E-state index contributed by atoms with van der Waals surface area (Å²) in [4.78, 5) is 26.9. The largest absolute Gasteiger partial charge is 0.337 e. The molecule has 0 radical (unpaired) electrons. The molecule has 2 aliphatic heterocycles. The van der Waals surface area contributed by atoms with Crippen LogP contribution in [0.25, 0.3) is 0 Å². The summed E-state index contributed by atoms with van der Waals surface area (Å²) >= 11 is 0. The number of nitrogens with zero attached hydrogens (tertiary/aromatic N) is 2. The monoisotopic (exact) mass is 254 g/mol. The topological polar surface area (TPSA) is 78.7 Å². The fourth-order valence-corrected chi connectivity index (χ4v) is 2.83. The Bertz CT molecular complexity index is 321. The number of piperazine rings is 1. The Kier molecular flexibility index (Phi) is 4.54. The molecule has 2 aliphatic rings. The van der Waals surface area contributed by atoms with Gasteiger partial charge in [-0.05, 0) is 25.8 Å². The van der Waals surface area contributed by atoms with Gasteiger partial charge in [0.2, 0.25) is 11.8 Å². The van der Waals surface area contributed by atoms with Crippen LogP contribution in [0.2, 0.25) is 0 Å². The maximum absolute atomic E-state index is 11.5. The van der Waals surface area contributed by atoms with Gasteiger partial charge < -0.3 is 4.90 Å². The third-order valence-corrected chi connectivity index (χ3v) is 3.87. The smallest absolute Gasteiger partial charge is 0.233 e. The number of hydrazine groups is 1. The van der Waals surface area contributed by atoms with E-state index in [0.29, 0.717) is 18.4 Å². The van der Waals surface area contributed by atoms with Crippen molar-refractivity contribution in [1.29, 1.82) is 0 Å². The molecule has 0 aromatic rings. The van der Waals surface area contributed by atoms with Crippen LogP contribution in [0.15, 0.2) is 0 Å². The summed E-state index contributed by atoms with van der Waals surface area (Å²) in [6.45, 7) is 3.84. The van der Waals surface area contributed by atoms with Gasteiger partial charge in [0.25, 0.3) is 0 Å². The number of hydrogen-bond donors (Lipinski definition) is 2. The highest BCUT2D eigenvalue weighted by Crippen LogP contribution is 2.22. The number of hydrogen-bond acceptors (Lipinski definition) is 4. The van der Waals surface area contributed by atoms with Crippen LogP contribution in [0.5, 0.6) is 0 Å². The highest BCUT2D eigenvalue weighted by molar-refractivity contribution is 5.79. The van der Waals surface area contributed by atoms with E-state index in [-0.39, 0.29) is 5.91 Å². The number of nitrogens with one attached hydrogen (secondary N) is 1. The summed E-state index contributed by atoms with van der Waals surface area (Å²) in [7, 11) is 0. The van der Waals surface area contributed by atoms with Crippen LogP contribution in [0.4, 0.5) is 0 Å². The van der Waals surface area contributed by atoms with Crippen molar-refractivity contribution in [2.75, 3.05) is 26.2 Å². The van der Waals surface area contributed by atoms with Crippen molar-refractivity contribution in [3.63, 3.8) is 0 Å². The molecule has 0 aromatic carbocycles. The molecule has 0 spiro atoms. The second-order valence-electron chi connectivity index (χ2n) is 5.10. The summed E-state index contributed by atoms with van der Waals surface area (Å²) in [5.74, 6) is 5.24. The Morgan fingerprint density at radius 2 is 2.22 bits per heavy atom. The maximum atomic E-state index is 11.5. The minimum absolute atomic E-state index is 0.0961. The molecular formula is C12H22N4O2. The highest BCUT2D eigenvalue weighted by Gasteiger charge is 2.34. The van der Waals surface area contributed by atoms with Crippen LogP contribution in [0.1, 0.15) is 32.1 Å². The van der Waals surface area contributed by atoms with E-state index in [0.717, 1.165) is 51.9 Å². The van der Waals surface area contributed by atoms with Crippen LogP contribution in [-0.2, 0) is 9.59 Å². The van der Waals surface area contributed by atoms with Crippen LogP contribution in [0, 0.1) is 0 Å². The zero-order valence-corrected chi connectivity index (χ0v) is 10.7. The molecule has 2 rings (SSSR count). The zero-order valence-electron chi connectivity index (χ0n) is 10.7.